The van der Waals surface area contributed by atoms with E-state index < -0.39 is 0 Å². The Balaban J connectivity index is 2.11. The molecule has 82 valence electrons. The van der Waals surface area contributed by atoms with E-state index in [9.17, 15) is 0 Å². The van der Waals surface area contributed by atoms with E-state index in [1.807, 2.05) is 0 Å². The molecule has 0 fully saturated rings. The zero-order valence-corrected chi connectivity index (χ0v) is 9.87. The van der Waals surface area contributed by atoms with Crippen molar-refractivity contribution in [2.45, 2.75) is 45.7 Å². The van der Waals surface area contributed by atoms with E-state index in [4.69, 9.17) is 0 Å². The van der Waals surface area contributed by atoms with Crippen LogP contribution in [0.5, 0.6) is 0 Å². The number of benzene rings is 1. The quantitative estimate of drug-likeness (QED) is 0.729. The summed E-state index contributed by atoms with van der Waals surface area (Å²) in [6, 6.07) is 9.66. The van der Waals surface area contributed by atoms with Gasteiger partial charge in [-0.15, -0.1) is 0 Å². The van der Waals surface area contributed by atoms with E-state index in [0.29, 0.717) is 0 Å². The highest BCUT2D eigenvalue weighted by Crippen LogP contribution is 2.22. The largest absolute Gasteiger partial charge is 0.296 e. The monoisotopic (exact) mass is 203 g/mol. The zero-order valence-electron chi connectivity index (χ0n) is 9.87. The second-order valence-electron chi connectivity index (χ2n) is 4.46. The highest BCUT2D eigenvalue weighted by Gasteiger charge is 2.20. The van der Waals surface area contributed by atoms with Crippen molar-refractivity contribution in [2.75, 3.05) is 6.54 Å². The van der Waals surface area contributed by atoms with Gasteiger partial charge < -0.3 is 0 Å². The average molecular weight is 203 g/mol. The molecule has 0 atom stereocenters. The van der Waals surface area contributed by atoms with E-state index in [-0.39, 0.29) is 0 Å². The SMILES string of the molecule is CCC(CC)N1CCc2ccccc2C1. The Morgan fingerprint density at radius 1 is 1.13 bits per heavy atom. The van der Waals surface area contributed by atoms with Crippen molar-refractivity contribution < 1.29 is 0 Å². The molecule has 2 rings (SSSR count). The normalized spacial score (nSPS) is 16.7. The van der Waals surface area contributed by atoms with Gasteiger partial charge in [0.05, 0.1) is 0 Å². The fourth-order valence-electron chi connectivity index (χ4n) is 2.63. The van der Waals surface area contributed by atoms with E-state index >= 15 is 0 Å². The van der Waals surface area contributed by atoms with Gasteiger partial charge in [0, 0.05) is 19.1 Å². The summed E-state index contributed by atoms with van der Waals surface area (Å²) in [6.45, 7) is 7.00. The van der Waals surface area contributed by atoms with E-state index in [1.165, 1.54) is 31.4 Å². The number of fused-ring (bicyclic) bond motifs is 1. The minimum absolute atomic E-state index is 0.776. The Morgan fingerprint density at radius 3 is 2.47 bits per heavy atom. The predicted octanol–water partition coefficient (Wildman–Crippen LogP) is 3.23. The Bertz CT molecular complexity index is 315. The van der Waals surface area contributed by atoms with Crippen molar-refractivity contribution in [3.63, 3.8) is 0 Å². The molecule has 15 heavy (non-hydrogen) atoms. The molecule has 0 unspecified atom stereocenters. The molecule has 1 aromatic rings. The maximum atomic E-state index is 2.64. The van der Waals surface area contributed by atoms with Gasteiger partial charge in [-0.2, -0.15) is 0 Å². The Kier molecular flexibility index (Phi) is 3.42. The third kappa shape index (κ3) is 2.23. The fourth-order valence-corrected chi connectivity index (χ4v) is 2.63. The van der Waals surface area contributed by atoms with Crippen LogP contribution in [0.3, 0.4) is 0 Å². The first-order valence-corrected chi connectivity index (χ1v) is 6.16. The summed E-state index contributed by atoms with van der Waals surface area (Å²) in [4.78, 5) is 2.64. The third-order valence-electron chi connectivity index (χ3n) is 3.62. The van der Waals surface area contributed by atoms with Gasteiger partial charge in [-0.25, -0.2) is 0 Å². The molecule has 0 bridgehead atoms. The smallest absolute Gasteiger partial charge is 0.0239 e. The highest BCUT2D eigenvalue weighted by atomic mass is 15.2. The van der Waals surface area contributed by atoms with Crippen LogP contribution >= 0.6 is 0 Å². The first-order valence-electron chi connectivity index (χ1n) is 6.16. The van der Waals surface area contributed by atoms with Crippen molar-refractivity contribution in [1.82, 2.24) is 4.90 Å². The van der Waals surface area contributed by atoms with Crippen LogP contribution in [0.4, 0.5) is 0 Å². The molecule has 1 heteroatoms. The van der Waals surface area contributed by atoms with Crippen LogP contribution in [0, 0.1) is 0 Å². The first kappa shape index (κ1) is 10.7. The first-order chi connectivity index (χ1) is 7.35. The lowest BCUT2D eigenvalue weighted by Gasteiger charge is -2.34. The van der Waals surface area contributed by atoms with E-state index in [2.05, 4.69) is 43.0 Å². The molecule has 1 aliphatic heterocycles. The summed E-state index contributed by atoms with van der Waals surface area (Å²) in [7, 11) is 0. The van der Waals surface area contributed by atoms with Crippen molar-refractivity contribution in [3.8, 4) is 0 Å². The molecule has 1 aromatic carbocycles. The van der Waals surface area contributed by atoms with Crippen LogP contribution in [0.1, 0.15) is 37.8 Å². The third-order valence-corrected chi connectivity index (χ3v) is 3.62. The average Bonchev–Trinajstić information content (AvgIpc) is 2.30. The summed E-state index contributed by atoms with van der Waals surface area (Å²) < 4.78 is 0. The molecule has 1 nitrogen and oxygen atoms in total. The lowest BCUT2D eigenvalue weighted by molar-refractivity contribution is 0.169. The highest BCUT2D eigenvalue weighted by molar-refractivity contribution is 5.29. The summed E-state index contributed by atoms with van der Waals surface area (Å²) >= 11 is 0. The summed E-state index contributed by atoms with van der Waals surface area (Å²) in [6.07, 6.45) is 3.78. The van der Waals surface area contributed by atoms with Crippen molar-refractivity contribution in [2.24, 2.45) is 0 Å². The summed E-state index contributed by atoms with van der Waals surface area (Å²) in [5.74, 6) is 0. The molecule has 0 aliphatic carbocycles. The molecule has 1 heterocycles. The van der Waals surface area contributed by atoms with Gasteiger partial charge in [0.1, 0.15) is 0 Å². The van der Waals surface area contributed by atoms with Crippen molar-refractivity contribution in [1.29, 1.82) is 0 Å². The Labute approximate surface area is 93.1 Å². The van der Waals surface area contributed by atoms with Crippen LogP contribution in [-0.2, 0) is 13.0 Å². The molecule has 0 aromatic heterocycles. The number of hydrogen-bond acceptors (Lipinski definition) is 1. The summed E-state index contributed by atoms with van der Waals surface area (Å²) in [5, 5.41) is 0. The standard InChI is InChI=1S/C14H21N/c1-3-14(4-2)15-10-9-12-7-5-6-8-13(12)11-15/h5-8,14H,3-4,9-11H2,1-2H3. The van der Waals surface area contributed by atoms with E-state index in [1.54, 1.807) is 5.56 Å². The van der Waals surface area contributed by atoms with Gasteiger partial charge >= 0.3 is 0 Å². The van der Waals surface area contributed by atoms with Crippen LogP contribution in [0.2, 0.25) is 0 Å². The van der Waals surface area contributed by atoms with Crippen molar-refractivity contribution in [3.05, 3.63) is 35.4 Å². The van der Waals surface area contributed by atoms with Gasteiger partial charge in [-0.05, 0) is 30.4 Å². The molecule has 0 N–H and O–H groups in total. The molecule has 0 radical (unpaired) electrons. The van der Waals surface area contributed by atoms with E-state index in [0.717, 1.165) is 12.6 Å². The lowest BCUT2D eigenvalue weighted by atomic mass is 9.97. The number of rotatable bonds is 3. The minimum Gasteiger partial charge on any atom is -0.296 e. The topological polar surface area (TPSA) is 3.24 Å². The van der Waals surface area contributed by atoms with Gasteiger partial charge in [-0.3, -0.25) is 4.90 Å². The molecular formula is C14H21N. The van der Waals surface area contributed by atoms with Gasteiger partial charge in [0.15, 0.2) is 0 Å². The molecule has 0 saturated carbocycles. The molecular weight excluding hydrogens is 182 g/mol. The van der Waals surface area contributed by atoms with Crippen LogP contribution in [-0.4, -0.2) is 17.5 Å². The number of hydrogen-bond donors (Lipinski definition) is 0. The molecule has 0 amide bonds. The Hall–Kier alpha value is -0.820. The van der Waals surface area contributed by atoms with Crippen molar-refractivity contribution >= 4 is 0 Å². The zero-order chi connectivity index (χ0) is 10.7. The maximum Gasteiger partial charge on any atom is 0.0239 e. The summed E-state index contributed by atoms with van der Waals surface area (Å²) in [5.41, 5.74) is 3.09. The van der Waals surface area contributed by atoms with Gasteiger partial charge in [0.25, 0.3) is 0 Å². The predicted molar refractivity (Wildman–Crippen MR) is 64.9 cm³/mol. The van der Waals surface area contributed by atoms with Crippen LogP contribution in [0.25, 0.3) is 0 Å². The molecule has 0 spiro atoms. The second-order valence-corrected chi connectivity index (χ2v) is 4.46. The fraction of sp³-hybridized carbons (Fsp3) is 0.571. The minimum atomic E-state index is 0.776. The second kappa shape index (κ2) is 4.80. The van der Waals surface area contributed by atoms with Crippen LogP contribution < -0.4 is 0 Å². The maximum absolute atomic E-state index is 2.64. The Morgan fingerprint density at radius 2 is 1.80 bits per heavy atom. The molecule has 0 saturated heterocycles. The van der Waals surface area contributed by atoms with Crippen LogP contribution in [0.15, 0.2) is 24.3 Å². The molecule has 1 aliphatic rings. The van der Waals surface area contributed by atoms with Gasteiger partial charge in [0.2, 0.25) is 0 Å². The number of nitrogens with zero attached hydrogens (tertiary/aromatic N) is 1. The van der Waals surface area contributed by atoms with Gasteiger partial charge in [-0.1, -0.05) is 38.1 Å². The lowest BCUT2D eigenvalue weighted by Crippen LogP contribution is -2.38.